The van der Waals surface area contributed by atoms with E-state index in [0.29, 0.717) is 23.1 Å². The van der Waals surface area contributed by atoms with Crippen molar-refractivity contribution in [2.45, 2.75) is 11.3 Å². The van der Waals surface area contributed by atoms with Gasteiger partial charge < -0.3 is 14.8 Å². The predicted octanol–water partition coefficient (Wildman–Crippen LogP) is 4.43. The summed E-state index contributed by atoms with van der Waals surface area (Å²) in [6.45, 7) is 0. The van der Waals surface area contributed by atoms with E-state index in [1.807, 2.05) is 42.5 Å². The number of hydrogen-bond acceptors (Lipinski definition) is 6. The minimum Gasteiger partial charge on any atom is -0.493 e. The topological polar surface area (TPSA) is 60.5 Å². The largest absolute Gasteiger partial charge is 0.493 e. The summed E-state index contributed by atoms with van der Waals surface area (Å²) < 4.78 is 11.5. The lowest BCUT2D eigenvalue weighted by Crippen LogP contribution is -2.11. The minimum atomic E-state index is -0.0404. The maximum Gasteiger partial charge on any atom is 0.226 e. The molecule has 25 heavy (non-hydrogen) atoms. The average Bonchev–Trinajstić information content (AvgIpc) is 3.02. The van der Waals surface area contributed by atoms with Crippen molar-refractivity contribution in [1.29, 1.82) is 0 Å². The number of amides is 1. The summed E-state index contributed by atoms with van der Waals surface area (Å²) in [6.07, 6.45) is 0.433. The van der Waals surface area contributed by atoms with Gasteiger partial charge in [0.15, 0.2) is 16.6 Å². The number of carbonyl (C=O) groups excluding carboxylic acids is 1. The van der Waals surface area contributed by atoms with Crippen LogP contribution in [0.25, 0.3) is 10.2 Å². The van der Waals surface area contributed by atoms with Crippen LogP contribution in [0.15, 0.2) is 47.4 Å². The van der Waals surface area contributed by atoms with Crippen LogP contribution in [0.4, 0.5) is 5.13 Å². The lowest BCUT2D eigenvalue weighted by atomic mass is 10.3. The van der Waals surface area contributed by atoms with Crippen molar-refractivity contribution in [3.05, 3.63) is 42.5 Å². The number of carbonyl (C=O) groups is 1. The van der Waals surface area contributed by atoms with Crippen LogP contribution in [0.1, 0.15) is 6.42 Å². The summed E-state index contributed by atoms with van der Waals surface area (Å²) >= 11 is 3.08. The Morgan fingerprint density at radius 3 is 2.60 bits per heavy atom. The molecular weight excluding hydrogens is 356 g/mol. The van der Waals surface area contributed by atoms with Gasteiger partial charge in [0, 0.05) is 29.2 Å². The van der Waals surface area contributed by atoms with Crippen molar-refractivity contribution in [2.24, 2.45) is 0 Å². The number of fused-ring (bicyclic) bond motifs is 1. The summed E-state index contributed by atoms with van der Waals surface area (Å²) in [6, 6.07) is 13.7. The summed E-state index contributed by atoms with van der Waals surface area (Å²) in [5.41, 5.74) is 0.775. The Labute approximate surface area is 154 Å². The Balaban J connectivity index is 1.61. The van der Waals surface area contributed by atoms with Gasteiger partial charge in [-0.1, -0.05) is 29.5 Å². The summed E-state index contributed by atoms with van der Waals surface area (Å²) in [4.78, 5) is 17.7. The van der Waals surface area contributed by atoms with E-state index in [1.54, 1.807) is 26.0 Å². The first kappa shape index (κ1) is 17.6. The van der Waals surface area contributed by atoms with Crippen LogP contribution in [0.2, 0.25) is 0 Å². The molecule has 1 heterocycles. The normalized spacial score (nSPS) is 10.6. The van der Waals surface area contributed by atoms with Gasteiger partial charge in [0.05, 0.1) is 24.4 Å². The number of nitrogens with zero attached hydrogens (tertiary/aromatic N) is 1. The van der Waals surface area contributed by atoms with Gasteiger partial charge in [-0.05, 0) is 12.1 Å². The molecule has 3 rings (SSSR count). The van der Waals surface area contributed by atoms with Gasteiger partial charge in [0.25, 0.3) is 0 Å². The first-order valence-electron chi connectivity index (χ1n) is 7.70. The third-order valence-electron chi connectivity index (χ3n) is 3.48. The van der Waals surface area contributed by atoms with E-state index >= 15 is 0 Å². The molecular formula is C18H18N2O3S2. The van der Waals surface area contributed by atoms with Crippen LogP contribution < -0.4 is 14.8 Å². The Bertz CT molecular complexity index is 824. The number of rotatable bonds is 7. The fourth-order valence-corrected chi connectivity index (χ4v) is 4.03. The van der Waals surface area contributed by atoms with E-state index in [0.717, 1.165) is 20.9 Å². The first-order valence-corrected chi connectivity index (χ1v) is 9.50. The SMILES string of the molecule is COc1cc2nc(NC(=O)CCSc3ccccc3)sc2cc1OC. The number of aromatic nitrogens is 1. The molecule has 0 radical (unpaired) electrons. The molecule has 0 unspecified atom stereocenters. The van der Waals surface area contributed by atoms with Crippen LogP contribution in [-0.4, -0.2) is 30.9 Å². The Morgan fingerprint density at radius 2 is 1.88 bits per heavy atom. The van der Waals surface area contributed by atoms with E-state index in [-0.39, 0.29) is 5.91 Å². The molecule has 1 N–H and O–H groups in total. The second-order valence-electron chi connectivity index (χ2n) is 5.15. The second kappa shape index (κ2) is 8.22. The van der Waals surface area contributed by atoms with Crippen LogP contribution in [0, 0.1) is 0 Å². The van der Waals surface area contributed by atoms with Gasteiger partial charge >= 0.3 is 0 Å². The molecule has 0 saturated heterocycles. The van der Waals surface area contributed by atoms with Crippen LogP contribution in [-0.2, 0) is 4.79 Å². The van der Waals surface area contributed by atoms with Gasteiger partial charge in [-0.15, -0.1) is 11.8 Å². The highest BCUT2D eigenvalue weighted by Crippen LogP contribution is 2.36. The number of anilines is 1. The predicted molar refractivity (Wildman–Crippen MR) is 103 cm³/mol. The maximum absolute atomic E-state index is 12.1. The summed E-state index contributed by atoms with van der Waals surface area (Å²) in [5.74, 6) is 1.96. The van der Waals surface area contributed by atoms with Gasteiger partial charge in [0.2, 0.25) is 5.91 Å². The highest BCUT2D eigenvalue weighted by atomic mass is 32.2. The number of nitrogens with one attached hydrogen (secondary N) is 1. The molecule has 0 aliphatic rings. The van der Waals surface area contributed by atoms with Crippen molar-refractivity contribution in [2.75, 3.05) is 25.3 Å². The number of thiazole rings is 1. The van der Waals surface area contributed by atoms with Crippen molar-refractivity contribution in [3.63, 3.8) is 0 Å². The Kier molecular flexibility index (Phi) is 5.78. The zero-order valence-electron chi connectivity index (χ0n) is 13.9. The molecule has 0 bridgehead atoms. The molecule has 0 aliphatic heterocycles. The fourth-order valence-electron chi connectivity index (χ4n) is 2.27. The van der Waals surface area contributed by atoms with Gasteiger partial charge in [-0.3, -0.25) is 4.79 Å². The van der Waals surface area contributed by atoms with E-state index in [2.05, 4.69) is 10.3 Å². The van der Waals surface area contributed by atoms with E-state index < -0.39 is 0 Å². The number of benzene rings is 2. The van der Waals surface area contributed by atoms with Crippen molar-refractivity contribution in [1.82, 2.24) is 4.98 Å². The molecule has 7 heteroatoms. The Hall–Kier alpha value is -2.25. The van der Waals surface area contributed by atoms with Gasteiger partial charge in [-0.2, -0.15) is 0 Å². The molecule has 3 aromatic rings. The van der Waals surface area contributed by atoms with Crippen molar-refractivity contribution >= 4 is 44.4 Å². The molecule has 0 saturated carbocycles. The average molecular weight is 374 g/mol. The molecule has 0 atom stereocenters. The lowest BCUT2D eigenvalue weighted by molar-refractivity contribution is -0.115. The zero-order valence-corrected chi connectivity index (χ0v) is 15.6. The molecule has 0 fully saturated rings. The number of ether oxygens (including phenoxy) is 2. The number of hydrogen-bond donors (Lipinski definition) is 1. The first-order chi connectivity index (χ1) is 12.2. The summed E-state index contributed by atoms with van der Waals surface area (Å²) in [5, 5.41) is 3.45. The van der Waals surface area contributed by atoms with Crippen molar-refractivity contribution in [3.8, 4) is 11.5 Å². The van der Waals surface area contributed by atoms with Gasteiger partial charge in [0.1, 0.15) is 0 Å². The van der Waals surface area contributed by atoms with E-state index in [4.69, 9.17) is 9.47 Å². The molecule has 5 nitrogen and oxygen atoms in total. The monoisotopic (exact) mass is 374 g/mol. The summed E-state index contributed by atoms with van der Waals surface area (Å²) in [7, 11) is 3.18. The third-order valence-corrected chi connectivity index (χ3v) is 5.43. The quantitative estimate of drug-likeness (QED) is 0.620. The number of thioether (sulfide) groups is 1. The molecule has 1 aromatic heterocycles. The smallest absolute Gasteiger partial charge is 0.226 e. The van der Waals surface area contributed by atoms with Crippen molar-refractivity contribution < 1.29 is 14.3 Å². The maximum atomic E-state index is 12.1. The van der Waals surface area contributed by atoms with E-state index in [9.17, 15) is 4.79 Å². The molecule has 0 aliphatic carbocycles. The third kappa shape index (κ3) is 4.43. The highest BCUT2D eigenvalue weighted by molar-refractivity contribution is 7.99. The molecule has 2 aromatic carbocycles. The molecule has 0 spiro atoms. The zero-order chi connectivity index (χ0) is 17.6. The number of methoxy groups -OCH3 is 2. The van der Waals surface area contributed by atoms with Gasteiger partial charge in [-0.25, -0.2) is 4.98 Å². The minimum absolute atomic E-state index is 0.0404. The van der Waals surface area contributed by atoms with Crippen LogP contribution in [0.3, 0.4) is 0 Å². The molecule has 130 valence electrons. The highest BCUT2D eigenvalue weighted by Gasteiger charge is 2.12. The second-order valence-corrected chi connectivity index (χ2v) is 7.35. The fraction of sp³-hybridized carbons (Fsp3) is 0.222. The van der Waals surface area contributed by atoms with Crippen LogP contribution >= 0.6 is 23.1 Å². The van der Waals surface area contributed by atoms with Crippen LogP contribution in [0.5, 0.6) is 11.5 Å². The van der Waals surface area contributed by atoms with E-state index in [1.165, 1.54) is 11.3 Å². The molecule has 1 amide bonds. The standard InChI is InChI=1S/C18H18N2O3S2/c1-22-14-10-13-16(11-15(14)23-2)25-18(19-13)20-17(21)8-9-24-12-6-4-3-5-7-12/h3-7,10-11H,8-9H2,1-2H3,(H,19,20,21). The Morgan fingerprint density at radius 1 is 1.16 bits per heavy atom. The lowest BCUT2D eigenvalue weighted by Gasteiger charge is -2.05.